The Balaban J connectivity index is 1.32. The molecule has 14 heteroatoms. The molecule has 2 aliphatic heterocycles. The van der Waals surface area contributed by atoms with E-state index in [-0.39, 0.29) is 29.5 Å². The van der Waals surface area contributed by atoms with Crippen LogP contribution in [0.2, 0.25) is 0 Å². The van der Waals surface area contributed by atoms with Crippen LogP contribution >= 0.6 is 11.3 Å². The van der Waals surface area contributed by atoms with E-state index in [2.05, 4.69) is 30.1 Å². The molecular formula is C33H44N6O6S2. The lowest BCUT2D eigenvalue weighted by Gasteiger charge is -2.36. The first-order valence-corrected chi connectivity index (χ1v) is 18.2. The second-order valence-electron chi connectivity index (χ2n) is 13.2. The Labute approximate surface area is 280 Å². The van der Waals surface area contributed by atoms with E-state index in [0.717, 1.165) is 42.9 Å². The van der Waals surface area contributed by atoms with Crippen LogP contribution < -0.4 is 20.3 Å². The van der Waals surface area contributed by atoms with Crippen molar-refractivity contribution >= 4 is 44.4 Å². The number of hydrogen-bond donors (Lipinski definition) is 4. The lowest BCUT2D eigenvalue weighted by atomic mass is 9.85. The Bertz CT molecular complexity index is 1650. The van der Waals surface area contributed by atoms with Gasteiger partial charge in [-0.3, -0.25) is 5.32 Å². The summed E-state index contributed by atoms with van der Waals surface area (Å²) in [5.41, 5.74) is 0.988. The number of likely N-dealkylation sites (tertiary alicyclic amines) is 1. The van der Waals surface area contributed by atoms with Gasteiger partial charge >= 0.3 is 12.2 Å². The number of hydrogen-bond acceptors (Lipinski definition) is 9. The number of ether oxygens (including phenoxy) is 1. The Hall–Kier alpha value is -3.72. The van der Waals surface area contributed by atoms with Gasteiger partial charge in [-0.25, -0.2) is 27.7 Å². The number of carbonyl (C=O) groups excluding carboxylic acids is 1. The van der Waals surface area contributed by atoms with Crippen molar-refractivity contribution in [1.82, 2.24) is 19.9 Å². The summed E-state index contributed by atoms with van der Waals surface area (Å²) < 4.78 is 35.6. The molecular weight excluding hydrogens is 641 g/mol. The number of anilines is 2. The topological polar surface area (TPSA) is 153 Å². The largest absolute Gasteiger partial charge is 0.465 e. The number of carboxylic acid groups (broad SMARTS) is 1. The molecule has 3 heterocycles. The molecule has 4 N–H and O–H groups in total. The molecule has 1 unspecified atom stereocenters. The molecule has 2 aliphatic rings. The Kier molecular flexibility index (Phi) is 10.7. The fourth-order valence-corrected chi connectivity index (χ4v) is 8.96. The average molecular weight is 685 g/mol. The number of benzene rings is 2. The number of thiazole rings is 1. The van der Waals surface area contributed by atoms with Gasteiger partial charge in [-0.15, -0.1) is 0 Å². The zero-order valence-electron chi connectivity index (χ0n) is 27.2. The van der Waals surface area contributed by atoms with Crippen LogP contribution in [-0.4, -0.2) is 80.5 Å². The van der Waals surface area contributed by atoms with Gasteiger partial charge in [0, 0.05) is 42.1 Å². The quantitative estimate of drug-likeness (QED) is 0.209. The zero-order chi connectivity index (χ0) is 33.8. The second kappa shape index (κ2) is 14.6. The number of piperidine rings is 1. The third-order valence-electron chi connectivity index (χ3n) is 8.51. The number of nitrogens with one attached hydrogen (secondary N) is 3. The molecule has 2 fully saturated rings. The molecule has 2 atom stereocenters. The second-order valence-corrected chi connectivity index (χ2v) is 15.9. The van der Waals surface area contributed by atoms with Gasteiger partial charge in [0.2, 0.25) is 10.0 Å². The molecule has 0 aliphatic carbocycles. The molecule has 1 aromatic heterocycles. The van der Waals surface area contributed by atoms with Gasteiger partial charge in [-0.2, -0.15) is 0 Å². The number of rotatable bonds is 10. The highest BCUT2D eigenvalue weighted by atomic mass is 32.2. The Morgan fingerprint density at radius 3 is 2.45 bits per heavy atom. The van der Waals surface area contributed by atoms with Crippen molar-refractivity contribution in [2.24, 2.45) is 5.92 Å². The number of amides is 2. The van der Waals surface area contributed by atoms with E-state index in [9.17, 15) is 23.1 Å². The summed E-state index contributed by atoms with van der Waals surface area (Å²) >= 11 is 1.40. The van der Waals surface area contributed by atoms with E-state index < -0.39 is 27.7 Å². The van der Waals surface area contributed by atoms with Crippen LogP contribution in [0.25, 0.3) is 10.4 Å². The Morgan fingerprint density at radius 1 is 1.09 bits per heavy atom. The van der Waals surface area contributed by atoms with E-state index in [1.807, 2.05) is 37.4 Å². The molecule has 2 amide bonds. The van der Waals surface area contributed by atoms with Crippen LogP contribution in [0.15, 0.2) is 59.6 Å². The maximum atomic E-state index is 13.7. The highest BCUT2D eigenvalue weighted by molar-refractivity contribution is 7.89. The van der Waals surface area contributed by atoms with E-state index in [0.29, 0.717) is 29.2 Å². The van der Waals surface area contributed by atoms with Crippen molar-refractivity contribution in [1.29, 1.82) is 0 Å². The van der Waals surface area contributed by atoms with Gasteiger partial charge in [-0.1, -0.05) is 47.7 Å². The van der Waals surface area contributed by atoms with Crippen LogP contribution in [0, 0.1) is 5.92 Å². The molecule has 254 valence electrons. The number of carbonyl (C=O) groups is 2. The summed E-state index contributed by atoms with van der Waals surface area (Å²) in [6.07, 6.45) is 3.54. The van der Waals surface area contributed by atoms with Crippen molar-refractivity contribution in [3.05, 3.63) is 60.3 Å². The monoisotopic (exact) mass is 684 g/mol. The normalized spacial score (nSPS) is 18.6. The first kappa shape index (κ1) is 34.6. The van der Waals surface area contributed by atoms with Crippen LogP contribution in [0.4, 0.5) is 20.4 Å². The molecule has 0 spiro atoms. The molecule has 3 aromatic rings. The summed E-state index contributed by atoms with van der Waals surface area (Å²) in [6, 6.07) is 14.3. The minimum absolute atomic E-state index is 0.0279. The van der Waals surface area contributed by atoms with Gasteiger partial charge in [0.05, 0.1) is 15.8 Å². The van der Waals surface area contributed by atoms with Crippen LogP contribution in [0.1, 0.15) is 58.1 Å². The summed E-state index contributed by atoms with van der Waals surface area (Å²) in [4.78, 5) is 33.9. The van der Waals surface area contributed by atoms with Gasteiger partial charge in [-0.05, 0) is 83.7 Å². The van der Waals surface area contributed by atoms with Crippen molar-refractivity contribution in [3.63, 3.8) is 0 Å². The number of aromatic nitrogens is 1. The van der Waals surface area contributed by atoms with E-state index in [1.165, 1.54) is 17.4 Å². The Morgan fingerprint density at radius 2 is 1.81 bits per heavy atom. The molecule has 0 bridgehead atoms. The summed E-state index contributed by atoms with van der Waals surface area (Å²) in [7, 11) is -1.99. The third kappa shape index (κ3) is 9.01. The molecule has 47 heavy (non-hydrogen) atoms. The molecule has 2 aromatic carbocycles. The first-order valence-electron chi connectivity index (χ1n) is 15.9. The predicted octanol–water partition coefficient (Wildman–Crippen LogP) is 5.75. The van der Waals surface area contributed by atoms with Crippen molar-refractivity contribution in [2.75, 3.05) is 43.5 Å². The number of nitrogens with zero attached hydrogens (tertiary/aromatic N) is 3. The number of likely N-dealkylation sites (N-methyl/N-ethyl adjacent to an activating group) is 1. The average Bonchev–Trinajstić information content (AvgIpc) is 3.67. The maximum Gasteiger partial charge on any atom is 0.411 e. The maximum absolute atomic E-state index is 13.7. The van der Waals surface area contributed by atoms with E-state index in [4.69, 9.17) is 4.74 Å². The standard InChI is InChI=1S/C33H44N6O6S2/c1-33(2,3)37-47(43,44)28-19-24(35-32(42)45-21-25-11-8-16-38(25)4)12-13-26(28)27-20-34-30(46-27)39-17-14-23(15-18-39)29(36-31(40)41)22-9-6-5-7-10-22/h5-7,9-10,12-13,19-20,23,25,29,36-37H,8,11,14-18,21H2,1-4H3,(H,35,42)(H,40,41)/t25-,29?/m1/s1. The molecule has 0 radical (unpaired) electrons. The lowest BCUT2D eigenvalue weighted by molar-refractivity contribution is 0.127. The van der Waals surface area contributed by atoms with Gasteiger partial charge < -0.3 is 25.0 Å². The number of sulfonamides is 1. The lowest BCUT2D eigenvalue weighted by Crippen LogP contribution is -2.40. The van der Waals surface area contributed by atoms with Crippen molar-refractivity contribution in [2.45, 2.75) is 69.0 Å². The SMILES string of the molecule is CN1CCC[C@@H]1COC(=O)Nc1ccc(-c2cnc(N3CCC(C(NC(=O)O)c4ccccc4)CC3)s2)c(S(=O)(=O)NC(C)(C)C)c1. The van der Waals surface area contributed by atoms with Gasteiger partial charge in [0.15, 0.2) is 5.13 Å². The minimum atomic E-state index is -3.99. The van der Waals surface area contributed by atoms with Crippen molar-refractivity contribution in [3.8, 4) is 10.4 Å². The first-order chi connectivity index (χ1) is 22.3. The van der Waals surface area contributed by atoms with Crippen LogP contribution in [-0.2, 0) is 14.8 Å². The van der Waals surface area contributed by atoms with Gasteiger partial charge in [0.1, 0.15) is 6.61 Å². The zero-order valence-corrected chi connectivity index (χ0v) is 28.9. The van der Waals surface area contributed by atoms with Crippen LogP contribution in [0.3, 0.4) is 0 Å². The molecule has 5 rings (SSSR count). The smallest absolute Gasteiger partial charge is 0.411 e. The fourth-order valence-electron chi connectivity index (χ4n) is 6.23. The molecule has 0 saturated carbocycles. The molecule has 12 nitrogen and oxygen atoms in total. The minimum Gasteiger partial charge on any atom is -0.465 e. The van der Waals surface area contributed by atoms with E-state index >= 15 is 0 Å². The van der Waals surface area contributed by atoms with Crippen molar-refractivity contribution < 1.29 is 27.9 Å². The third-order valence-corrected chi connectivity index (χ3v) is 11.4. The van der Waals surface area contributed by atoms with E-state index in [1.54, 1.807) is 39.1 Å². The highest BCUT2D eigenvalue weighted by Gasteiger charge is 2.31. The van der Waals surface area contributed by atoms with Gasteiger partial charge in [0.25, 0.3) is 0 Å². The highest BCUT2D eigenvalue weighted by Crippen LogP contribution is 2.39. The van der Waals surface area contributed by atoms with Crippen LogP contribution in [0.5, 0.6) is 0 Å². The predicted molar refractivity (Wildman–Crippen MR) is 184 cm³/mol. The summed E-state index contributed by atoms with van der Waals surface area (Å²) in [5, 5.41) is 15.6. The summed E-state index contributed by atoms with van der Waals surface area (Å²) in [5.74, 6) is 0.121. The fraction of sp³-hybridized carbons (Fsp3) is 0.485. The summed E-state index contributed by atoms with van der Waals surface area (Å²) in [6.45, 7) is 7.91. The molecule has 2 saturated heterocycles.